The minimum Gasteiger partial charge on any atom is -0.494 e. The molecule has 0 radical (unpaired) electrons. The van der Waals surface area contributed by atoms with Crippen LogP contribution in [0.5, 0.6) is 5.75 Å². The van der Waals surface area contributed by atoms with Crippen LogP contribution in [0.25, 0.3) is 0 Å². The van der Waals surface area contributed by atoms with Gasteiger partial charge in [-0.05, 0) is 42.3 Å². The van der Waals surface area contributed by atoms with E-state index in [1.807, 2.05) is 55.5 Å². The highest BCUT2D eigenvalue weighted by molar-refractivity contribution is 6.30. The minimum atomic E-state index is -0.141. The number of halogens is 1. The molecule has 0 aliphatic heterocycles. The monoisotopic (exact) mass is 261 g/mol. The van der Waals surface area contributed by atoms with Crippen molar-refractivity contribution in [1.82, 2.24) is 0 Å². The topological polar surface area (TPSA) is 35.2 Å². The summed E-state index contributed by atoms with van der Waals surface area (Å²) in [7, 11) is 0. The van der Waals surface area contributed by atoms with Crippen molar-refractivity contribution in [3.05, 3.63) is 64.7 Å². The fourth-order valence-electron chi connectivity index (χ4n) is 1.80. The first-order chi connectivity index (χ1) is 8.70. The molecule has 0 saturated heterocycles. The Morgan fingerprint density at radius 1 is 1.00 bits per heavy atom. The van der Waals surface area contributed by atoms with Crippen LogP contribution in [-0.2, 0) is 0 Å². The number of ether oxygens (including phenoxy) is 1. The summed E-state index contributed by atoms with van der Waals surface area (Å²) in [6.45, 7) is 2.63. The van der Waals surface area contributed by atoms with Crippen molar-refractivity contribution in [2.75, 3.05) is 6.61 Å². The second kappa shape index (κ2) is 5.89. The molecule has 18 heavy (non-hydrogen) atoms. The molecule has 0 aliphatic carbocycles. The Balaban J connectivity index is 2.17. The molecule has 2 aromatic rings. The summed E-state index contributed by atoms with van der Waals surface area (Å²) in [5.41, 5.74) is 8.31. The van der Waals surface area contributed by atoms with Crippen LogP contribution in [0.4, 0.5) is 0 Å². The zero-order valence-electron chi connectivity index (χ0n) is 10.3. The zero-order valence-corrected chi connectivity index (χ0v) is 11.0. The third-order valence-electron chi connectivity index (χ3n) is 2.78. The second-order valence-corrected chi connectivity index (χ2v) is 4.47. The van der Waals surface area contributed by atoms with Crippen LogP contribution in [-0.4, -0.2) is 6.61 Å². The van der Waals surface area contributed by atoms with Crippen LogP contribution in [0.1, 0.15) is 24.1 Å². The first-order valence-corrected chi connectivity index (χ1v) is 6.32. The van der Waals surface area contributed by atoms with Gasteiger partial charge in [0.05, 0.1) is 12.6 Å². The molecular formula is C15H16ClNO. The Morgan fingerprint density at radius 2 is 1.50 bits per heavy atom. The fraction of sp³-hybridized carbons (Fsp3) is 0.200. The van der Waals surface area contributed by atoms with Crippen molar-refractivity contribution in [3.8, 4) is 5.75 Å². The first-order valence-electron chi connectivity index (χ1n) is 5.94. The van der Waals surface area contributed by atoms with Crippen molar-refractivity contribution >= 4 is 11.6 Å². The van der Waals surface area contributed by atoms with E-state index >= 15 is 0 Å². The molecule has 2 rings (SSSR count). The van der Waals surface area contributed by atoms with Crippen LogP contribution >= 0.6 is 11.6 Å². The molecule has 2 N–H and O–H groups in total. The summed E-state index contributed by atoms with van der Waals surface area (Å²) >= 11 is 5.86. The lowest BCUT2D eigenvalue weighted by Crippen LogP contribution is -2.11. The van der Waals surface area contributed by atoms with E-state index in [1.165, 1.54) is 0 Å². The average Bonchev–Trinajstić information content (AvgIpc) is 2.40. The summed E-state index contributed by atoms with van der Waals surface area (Å²) in [6.07, 6.45) is 0. The summed E-state index contributed by atoms with van der Waals surface area (Å²) in [5.74, 6) is 0.865. The number of hydrogen-bond donors (Lipinski definition) is 1. The van der Waals surface area contributed by atoms with Gasteiger partial charge in [0, 0.05) is 5.02 Å². The number of hydrogen-bond acceptors (Lipinski definition) is 2. The molecule has 1 atom stereocenters. The predicted molar refractivity (Wildman–Crippen MR) is 75.1 cm³/mol. The predicted octanol–water partition coefficient (Wildman–Crippen LogP) is 3.79. The van der Waals surface area contributed by atoms with Gasteiger partial charge in [-0.1, -0.05) is 35.9 Å². The molecule has 0 aromatic heterocycles. The number of nitrogens with two attached hydrogens (primary N) is 1. The molecule has 1 unspecified atom stereocenters. The van der Waals surface area contributed by atoms with Gasteiger partial charge in [-0.2, -0.15) is 0 Å². The van der Waals surface area contributed by atoms with Crippen LogP contribution in [0.2, 0.25) is 5.02 Å². The van der Waals surface area contributed by atoms with Gasteiger partial charge in [0.2, 0.25) is 0 Å². The Hall–Kier alpha value is -1.51. The van der Waals surface area contributed by atoms with Gasteiger partial charge in [0.15, 0.2) is 0 Å². The standard InChI is InChI=1S/C15H16ClNO/c1-2-18-14-9-5-12(6-10-14)15(17)11-3-7-13(16)8-4-11/h3-10,15H,2,17H2,1H3. The van der Waals surface area contributed by atoms with Gasteiger partial charge in [-0.3, -0.25) is 0 Å². The molecule has 0 heterocycles. The fourth-order valence-corrected chi connectivity index (χ4v) is 1.93. The lowest BCUT2D eigenvalue weighted by atomic mass is 10.00. The molecule has 0 amide bonds. The Morgan fingerprint density at radius 3 is 2.00 bits per heavy atom. The molecule has 0 saturated carbocycles. The number of rotatable bonds is 4. The molecule has 0 aliphatic rings. The van der Waals surface area contributed by atoms with E-state index in [9.17, 15) is 0 Å². The maximum absolute atomic E-state index is 6.21. The van der Waals surface area contributed by atoms with Gasteiger partial charge >= 0.3 is 0 Å². The molecular weight excluding hydrogens is 246 g/mol. The Bertz CT molecular complexity index is 493. The summed E-state index contributed by atoms with van der Waals surface area (Å²) in [6, 6.07) is 15.3. The Kier molecular flexibility index (Phi) is 4.24. The van der Waals surface area contributed by atoms with E-state index < -0.39 is 0 Å². The van der Waals surface area contributed by atoms with E-state index in [2.05, 4.69) is 0 Å². The summed E-state index contributed by atoms with van der Waals surface area (Å²) in [4.78, 5) is 0. The lowest BCUT2D eigenvalue weighted by Gasteiger charge is -2.13. The van der Waals surface area contributed by atoms with Gasteiger partial charge in [0.1, 0.15) is 5.75 Å². The zero-order chi connectivity index (χ0) is 13.0. The minimum absolute atomic E-state index is 0.141. The van der Waals surface area contributed by atoms with E-state index in [-0.39, 0.29) is 6.04 Å². The van der Waals surface area contributed by atoms with Crippen LogP contribution in [0.15, 0.2) is 48.5 Å². The summed E-state index contributed by atoms with van der Waals surface area (Å²) in [5, 5.41) is 0.720. The van der Waals surface area contributed by atoms with E-state index in [1.54, 1.807) is 0 Å². The molecule has 2 nitrogen and oxygen atoms in total. The third kappa shape index (κ3) is 3.03. The maximum atomic E-state index is 6.21. The largest absolute Gasteiger partial charge is 0.494 e. The normalized spacial score (nSPS) is 12.2. The summed E-state index contributed by atoms with van der Waals surface area (Å²) < 4.78 is 5.40. The van der Waals surface area contributed by atoms with Gasteiger partial charge < -0.3 is 10.5 Å². The Labute approximate surface area is 112 Å². The maximum Gasteiger partial charge on any atom is 0.119 e. The molecule has 0 spiro atoms. The van der Waals surface area contributed by atoms with Crippen molar-refractivity contribution in [2.45, 2.75) is 13.0 Å². The van der Waals surface area contributed by atoms with Crippen molar-refractivity contribution in [3.63, 3.8) is 0 Å². The third-order valence-corrected chi connectivity index (χ3v) is 3.03. The molecule has 2 aromatic carbocycles. The van der Waals surface area contributed by atoms with E-state index in [0.717, 1.165) is 21.9 Å². The molecule has 0 bridgehead atoms. The highest BCUT2D eigenvalue weighted by Crippen LogP contribution is 2.23. The van der Waals surface area contributed by atoms with E-state index in [0.29, 0.717) is 6.61 Å². The SMILES string of the molecule is CCOc1ccc(C(N)c2ccc(Cl)cc2)cc1. The van der Waals surface area contributed by atoms with E-state index in [4.69, 9.17) is 22.1 Å². The smallest absolute Gasteiger partial charge is 0.119 e. The molecule has 94 valence electrons. The molecule has 3 heteroatoms. The average molecular weight is 262 g/mol. The lowest BCUT2D eigenvalue weighted by molar-refractivity contribution is 0.340. The van der Waals surface area contributed by atoms with Crippen LogP contribution in [0, 0.1) is 0 Å². The second-order valence-electron chi connectivity index (χ2n) is 4.03. The number of benzene rings is 2. The highest BCUT2D eigenvalue weighted by Gasteiger charge is 2.08. The van der Waals surface area contributed by atoms with Gasteiger partial charge in [-0.25, -0.2) is 0 Å². The van der Waals surface area contributed by atoms with Crippen molar-refractivity contribution in [2.24, 2.45) is 5.73 Å². The quantitative estimate of drug-likeness (QED) is 0.909. The highest BCUT2D eigenvalue weighted by atomic mass is 35.5. The van der Waals surface area contributed by atoms with Crippen LogP contribution < -0.4 is 10.5 Å². The van der Waals surface area contributed by atoms with Crippen LogP contribution in [0.3, 0.4) is 0 Å². The van der Waals surface area contributed by atoms with Crippen molar-refractivity contribution < 1.29 is 4.74 Å². The van der Waals surface area contributed by atoms with Gasteiger partial charge in [-0.15, -0.1) is 0 Å². The van der Waals surface area contributed by atoms with Gasteiger partial charge in [0.25, 0.3) is 0 Å². The van der Waals surface area contributed by atoms with Crippen molar-refractivity contribution in [1.29, 1.82) is 0 Å². The molecule has 0 fully saturated rings. The first kappa shape index (κ1) is 12.9.